The Kier molecular flexibility index (Phi) is 5.53. The topological polar surface area (TPSA) is 29.1 Å². The molecular formula is C9H17NO. The van der Waals surface area contributed by atoms with Gasteiger partial charge in [0.25, 0.3) is 0 Å². The van der Waals surface area contributed by atoms with Gasteiger partial charge in [0.2, 0.25) is 5.91 Å². The molecule has 0 aliphatic heterocycles. The van der Waals surface area contributed by atoms with E-state index < -0.39 is 0 Å². The molecule has 0 bridgehead atoms. The number of hydrogen-bond acceptors (Lipinski definition) is 1. The average molecular weight is 155 g/mol. The van der Waals surface area contributed by atoms with Crippen molar-refractivity contribution in [3.05, 3.63) is 12.7 Å². The van der Waals surface area contributed by atoms with E-state index in [0.717, 1.165) is 19.4 Å². The standard InChI is InChI=1S/C9H17NO/c1-4-6-9(5-2)7-10-8(3)11/h5,9H,2,4,6-7H2,1,3H3,(H,10,11). The number of hydrogen-bond donors (Lipinski definition) is 1. The molecule has 0 radical (unpaired) electrons. The Hall–Kier alpha value is -0.790. The molecule has 1 N–H and O–H groups in total. The van der Waals surface area contributed by atoms with Crippen molar-refractivity contribution in [1.82, 2.24) is 5.32 Å². The highest BCUT2D eigenvalue weighted by Gasteiger charge is 2.02. The van der Waals surface area contributed by atoms with Crippen molar-refractivity contribution in [2.24, 2.45) is 5.92 Å². The summed E-state index contributed by atoms with van der Waals surface area (Å²) in [5, 5.41) is 2.77. The van der Waals surface area contributed by atoms with Gasteiger partial charge in [-0.3, -0.25) is 4.79 Å². The molecule has 0 fully saturated rings. The lowest BCUT2D eigenvalue weighted by Gasteiger charge is -2.10. The van der Waals surface area contributed by atoms with Crippen LogP contribution in [-0.2, 0) is 4.79 Å². The minimum absolute atomic E-state index is 0.0351. The van der Waals surface area contributed by atoms with Crippen molar-refractivity contribution in [3.8, 4) is 0 Å². The van der Waals surface area contributed by atoms with Gasteiger partial charge in [-0.05, 0) is 12.3 Å². The number of rotatable bonds is 5. The first-order valence-corrected chi connectivity index (χ1v) is 4.07. The van der Waals surface area contributed by atoms with E-state index in [0.29, 0.717) is 5.92 Å². The minimum atomic E-state index is 0.0351. The zero-order valence-electron chi connectivity index (χ0n) is 7.39. The lowest BCUT2D eigenvalue weighted by Crippen LogP contribution is -2.25. The molecule has 0 rings (SSSR count). The molecule has 0 aliphatic carbocycles. The molecule has 0 aromatic heterocycles. The second kappa shape index (κ2) is 5.96. The second-order valence-electron chi connectivity index (χ2n) is 2.72. The second-order valence-corrected chi connectivity index (χ2v) is 2.72. The van der Waals surface area contributed by atoms with E-state index in [9.17, 15) is 4.79 Å². The van der Waals surface area contributed by atoms with Gasteiger partial charge in [0.1, 0.15) is 0 Å². The zero-order valence-corrected chi connectivity index (χ0v) is 7.39. The van der Waals surface area contributed by atoms with Crippen LogP contribution in [0.1, 0.15) is 26.7 Å². The number of nitrogens with one attached hydrogen (secondary N) is 1. The van der Waals surface area contributed by atoms with Crippen molar-refractivity contribution in [2.75, 3.05) is 6.54 Å². The molecule has 0 aromatic carbocycles. The van der Waals surface area contributed by atoms with E-state index in [1.807, 2.05) is 6.08 Å². The van der Waals surface area contributed by atoms with Crippen molar-refractivity contribution < 1.29 is 4.79 Å². The fourth-order valence-electron chi connectivity index (χ4n) is 0.949. The van der Waals surface area contributed by atoms with E-state index >= 15 is 0 Å². The Morgan fingerprint density at radius 2 is 2.36 bits per heavy atom. The first-order chi connectivity index (χ1) is 5.20. The van der Waals surface area contributed by atoms with Gasteiger partial charge >= 0.3 is 0 Å². The van der Waals surface area contributed by atoms with E-state index in [1.54, 1.807) is 0 Å². The third kappa shape index (κ3) is 5.64. The lowest BCUT2D eigenvalue weighted by atomic mass is 10.0. The van der Waals surface area contributed by atoms with Crippen LogP contribution in [0.4, 0.5) is 0 Å². The van der Waals surface area contributed by atoms with E-state index in [1.165, 1.54) is 6.92 Å². The summed E-state index contributed by atoms with van der Waals surface area (Å²) in [4.78, 5) is 10.5. The SMILES string of the molecule is C=CC(CCC)CNC(C)=O. The minimum Gasteiger partial charge on any atom is -0.356 e. The van der Waals surface area contributed by atoms with Gasteiger partial charge in [0.15, 0.2) is 0 Å². The van der Waals surface area contributed by atoms with E-state index in [2.05, 4.69) is 18.8 Å². The fourth-order valence-corrected chi connectivity index (χ4v) is 0.949. The highest BCUT2D eigenvalue weighted by molar-refractivity contribution is 5.72. The molecule has 11 heavy (non-hydrogen) atoms. The average Bonchev–Trinajstić information content (AvgIpc) is 1.97. The van der Waals surface area contributed by atoms with E-state index in [4.69, 9.17) is 0 Å². The zero-order chi connectivity index (χ0) is 8.69. The van der Waals surface area contributed by atoms with Crippen molar-refractivity contribution in [1.29, 1.82) is 0 Å². The fraction of sp³-hybridized carbons (Fsp3) is 0.667. The predicted molar refractivity (Wildman–Crippen MR) is 47.3 cm³/mol. The van der Waals surface area contributed by atoms with Gasteiger partial charge in [-0.25, -0.2) is 0 Å². The largest absolute Gasteiger partial charge is 0.356 e. The monoisotopic (exact) mass is 155 g/mol. The van der Waals surface area contributed by atoms with Crippen molar-refractivity contribution >= 4 is 5.91 Å². The third-order valence-corrected chi connectivity index (χ3v) is 1.61. The summed E-state index contributed by atoms with van der Waals surface area (Å²) in [6, 6.07) is 0. The first kappa shape index (κ1) is 10.2. The molecule has 0 heterocycles. The molecule has 0 saturated heterocycles. The molecule has 2 nitrogen and oxygen atoms in total. The highest BCUT2D eigenvalue weighted by Crippen LogP contribution is 2.04. The summed E-state index contributed by atoms with van der Waals surface area (Å²) in [7, 11) is 0. The quantitative estimate of drug-likeness (QED) is 0.602. The van der Waals surface area contributed by atoms with Crippen molar-refractivity contribution in [3.63, 3.8) is 0 Å². The third-order valence-electron chi connectivity index (χ3n) is 1.61. The smallest absolute Gasteiger partial charge is 0.216 e. The van der Waals surface area contributed by atoms with Gasteiger partial charge in [-0.15, -0.1) is 6.58 Å². The summed E-state index contributed by atoms with van der Waals surface area (Å²) in [6.07, 6.45) is 4.14. The molecule has 0 aliphatic rings. The number of carbonyl (C=O) groups is 1. The van der Waals surface area contributed by atoms with Crippen LogP contribution in [0.2, 0.25) is 0 Å². The molecular weight excluding hydrogens is 138 g/mol. The number of amides is 1. The van der Waals surface area contributed by atoms with Crippen LogP contribution in [0, 0.1) is 5.92 Å². The van der Waals surface area contributed by atoms with Gasteiger partial charge in [-0.2, -0.15) is 0 Å². The van der Waals surface area contributed by atoms with Crippen LogP contribution in [0.25, 0.3) is 0 Å². The Bertz CT molecular complexity index is 132. The van der Waals surface area contributed by atoms with Gasteiger partial charge < -0.3 is 5.32 Å². The Morgan fingerprint density at radius 3 is 2.73 bits per heavy atom. The molecule has 1 atom stereocenters. The van der Waals surface area contributed by atoms with Crippen LogP contribution in [0.5, 0.6) is 0 Å². The molecule has 0 spiro atoms. The van der Waals surface area contributed by atoms with Crippen LogP contribution < -0.4 is 5.32 Å². The maximum absolute atomic E-state index is 10.5. The van der Waals surface area contributed by atoms with Crippen LogP contribution in [0.3, 0.4) is 0 Å². The van der Waals surface area contributed by atoms with Crippen molar-refractivity contribution in [2.45, 2.75) is 26.7 Å². The van der Waals surface area contributed by atoms with Gasteiger partial charge in [-0.1, -0.05) is 19.4 Å². The van der Waals surface area contributed by atoms with E-state index in [-0.39, 0.29) is 5.91 Å². The molecule has 2 heteroatoms. The summed E-state index contributed by atoms with van der Waals surface area (Å²) in [5.74, 6) is 0.469. The van der Waals surface area contributed by atoms with Crippen LogP contribution >= 0.6 is 0 Å². The molecule has 0 aromatic rings. The molecule has 64 valence electrons. The molecule has 0 saturated carbocycles. The van der Waals surface area contributed by atoms with Gasteiger partial charge in [0, 0.05) is 13.5 Å². The Labute approximate surface area is 68.7 Å². The molecule has 1 unspecified atom stereocenters. The first-order valence-electron chi connectivity index (χ1n) is 4.07. The van der Waals surface area contributed by atoms with Crippen LogP contribution in [-0.4, -0.2) is 12.5 Å². The summed E-state index contributed by atoms with van der Waals surface area (Å²) >= 11 is 0. The number of carbonyl (C=O) groups excluding carboxylic acids is 1. The normalized spacial score (nSPS) is 12.2. The van der Waals surface area contributed by atoms with Gasteiger partial charge in [0.05, 0.1) is 0 Å². The lowest BCUT2D eigenvalue weighted by molar-refractivity contribution is -0.119. The maximum Gasteiger partial charge on any atom is 0.216 e. The Balaban J connectivity index is 3.51. The summed E-state index contributed by atoms with van der Waals surface area (Å²) in [5.41, 5.74) is 0. The van der Waals surface area contributed by atoms with Crippen LogP contribution in [0.15, 0.2) is 12.7 Å². The summed E-state index contributed by atoms with van der Waals surface area (Å²) in [6.45, 7) is 8.10. The summed E-state index contributed by atoms with van der Waals surface area (Å²) < 4.78 is 0. The predicted octanol–water partition coefficient (Wildman–Crippen LogP) is 1.72. The molecule has 1 amide bonds. The highest BCUT2D eigenvalue weighted by atomic mass is 16.1. The Morgan fingerprint density at radius 1 is 1.73 bits per heavy atom. The maximum atomic E-state index is 10.5.